The van der Waals surface area contributed by atoms with Crippen LogP contribution in [0.4, 0.5) is 0 Å². The molecule has 0 aliphatic heterocycles. The average Bonchev–Trinajstić information content (AvgIpc) is 3.08. The smallest absolute Gasteiger partial charge is 0.305 e. The molecule has 0 saturated carbocycles. The molecule has 290 valence electrons. The Kier molecular flexibility index (Phi) is 43.4. The van der Waals surface area contributed by atoms with Crippen LogP contribution in [-0.2, 0) is 19.1 Å². The van der Waals surface area contributed by atoms with Gasteiger partial charge in [-0.1, -0.05) is 141 Å². The number of allylic oxidation sites excluding steroid dienone is 4. The van der Waals surface area contributed by atoms with Crippen molar-refractivity contribution in [3.63, 3.8) is 0 Å². The van der Waals surface area contributed by atoms with Crippen molar-refractivity contribution in [3.8, 4) is 0 Å². The second-order valence-corrected chi connectivity index (χ2v) is 13.7. The number of carbonyl (C=O) groups excluding carboxylic acids is 2. The Morgan fingerprint density at radius 1 is 0.469 bits per heavy atom. The number of halogens is 1. The first-order valence-corrected chi connectivity index (χ1v) is 20.6. The maximum absolute atomic E-state index is 12.1. The van der Waals surface area contributed by atoms with Gasteiger partial charge in [-0.3, -0.25) is 14.5 Å². The minimum atomic E-state index is -0.150. The zero-order valence-corrected chi connectivity index (χ0v) is 33.1. The van der Waals surface area contributed by atoms with Gasteiger partial charge in [0.1, 0.15) is 13.2 Å². The van der Waals surface area contributed by atoms with Gasteiger partial charge in [-0.15, -0.1) is 12.4 Å². The standard InChI is InChI=1S/C42H79NO5.ClH/c1-3-5-7-9-11-13-15-17-19-21-23-25-27-29-31-33-41(45)47-39-36-43(35-38-44)37-40-48-42(46)34-32-30-28-26-24-22-20-18-16-14-12-10-8-6-4-2;/h17-20,44H,3-16,21-40H2,1-2H3;1H/b19-17-,20-18-;. The molecule has 0 aliphatic carbocycles. The molecule has 0 heterocycles. The van der Waals surface area contributed by atoms with Gasteiger partial charge in [-0.2, -0.15) is 0 Å². The summed E-state index contributed by atoms with van der Waals surface area (Å²) in [5, 5.41) is 9.39. The van der Waals surface area contributed by atoms with Gasteiger partial charge in [0, 0.05) is 32.5 Å². The molecule has 0 spiro atoms. The van der Waals surface area contributed by atoms with Crippen molar-refractivity contribution < 1.29 is 24.2 Å². The summed E-state index contributed by atoms with van der Waals surface area (Å²) in [6, 6.07) is 0. The number of esters is 2. The predicted molar refractivity (Wildman–Crippen MR) is 212 cm³/mol. The number of nitrogens with zero attached hydrogens (tertiary/aromatic N) is 1. The summed E-state index contributed by atoms with van der Waals surface area (Å²) in [5.41, 5.74) is 0. The minimum absolute atomic E-state index is 0. The van der Waals surface area contributed by atoms with Gasteiger partial charge >= 0.3 is 11.9 Å². The van der Waals surface area contributed by atoms with E-state index in [1.54, 1.807) is 0 Å². The molecule has 0 amide bonds. The van der Waals surface area contributed by atoms with Crippen molar-refractivity contribution in [2.24, 2.45) is 0 Å². The fraction of sp³-hybridized carbons (Fsp3) is 0.857. The molecule has 0 aromatic carbocycles. The van der Waals surface area contributed by atoms with Crippen LogP contribution in [0.5, 0.6) is 0 Å². The van der Waals surface area contributed by atoms with Gasteiger partial charge in [0.05, 0.1) is 6.61 Å². The Hall–Kier alpha value is -1.37. The maximum Gasteiger partial charge on any atom is 0.305 e. The van der Waals surface area contributed by atoms with Crippen LogP contribution in [0.1, 0.15) is 194 Å². The Morgan fingerprint density at radius 2 is 0.776 bits per heavy atom. The van der Waals surface area contributed by atoms with Crippen molar-refractivity contribution in [2.75, 3.05) is 39.5 Å². The third-order valence-electron chi connectivity index (χ3n) is 9.04. The molecule has 0 unspecified atom stereocenters. The van der Waals surface area contributed by atoms with Crippen LogP contribution in [0.15, 0.2) is 24.3 Å². The predicted octanol–water partition coefficient (Wildman–Crippen LogP) is 11.9. The number of hydrogen-bond donors (Lipinski definition) is 1. The first-order valence-electron chi connectivity index (χ1n) is 20.6. The quantitative estimate of drug-likeness (QED) is 0.0390. The Balaban J connectivity index is 0. The van der Waals surface area contributed by atoms with Crippen molar-refractivity contribution in [1.29, 1.82) is 0 Å². The normalized spacial score (nSPS) is 11.5. The van der Waals surface area contributed by atoms with E-state index in [9.17, 15) is 14.7 Å². The molecule has 0 atom stereocenters. The van der Waals surface area contributed by atoms with Crippen molar-refractivity contribution in [1.82, 2.24) is 4.90 Å². The molecule has 0 aromatic rings. The number of rotatable bonds is 38. The highest BCUT2D eigenvalue weighted by Gasteiger charge is 2.09. The van der Waals surface area contributed by atoms with E-state index in [1.165, 1.54) is 141 Å². The van der Waals surface area contributed by atoms with E-state index in [1.807, 2.05) is 4.90 Å². The SMILES string of the molecule is CCCCCCCC/C=C\CCCCCCCC(=O)OCCN(CCO)CCOC(=O)CCCCCCC/C=C\CCCCCCCC.Cl. The Labute approximate surface area is 310 Å². The zero-order valence-electron chi connectivity index (χ0n) is 32.3. The number of ether oxygens (including phenoxy) is 2. The lowest BCUT2D eigenvalue weighted by Crippen LogP contribution is -2.34. The number of carbonyl (C=O) groups is 2. The average molecular weight is 715 g/mol. The van der Waals surface area contributed by atoms with Gasteiger partial charge in [0.2, 0.25) is 0 Å². The van der Waals surface area contributed by atoms with Crippen molar-refractivity contribution in [3.05, 3.63) is 24.3 Å². The monoisotopic (exact) mass is 714 g/mol. The van der Waals surface area contributed by atoms with Crippen LogP contribution in [0.3, 0.4) is 0 Å². The number of unbranched alkanes of at least 4 members (excludes halogenated alkanes) is 22. The Bertz CT molecular complexity index is 687. The topological polar surface area (TPSA) is 76.1 Å². The largest absolute Gasteiger partial charge is 0.464 e. The van der Waals surface area contributed by atoms with Crippen LogP contribution in [0, 0.1) is 0 Å². The first kappa shape index (κ1) is 49.7. The van der Waals surface area contributed by atoms with E-state index in [4.69, 9.17) is 9.47 Å². The van der Waals surface area contributed by atoms with Crippen LogP contribution in [-0.4, -0.2) is 61.4 Å². The highest BCUT2D eigenvalue weighted by Crippen LogP contribution is 2.12. The van der Waals surface area contributed by atoms with Crippen LogP contribution >= 0.6 is 12.4 Å². The summed E-state index contributed by atoms with van der Waals surface area (Å²) >= 11 is 0. The lowest BCUT2D eigenvalue weighted by atomic mass is 10.1. The summed E-state index contributed by atoms with van der Waals surface area (Å²) in [4.78, 5) is 26.2. The first-order chi connectivity index (χ1) is 23.6. The second-order valence-electron chi connectivity index (χ2n) is 13.7. The van der Waals surface area contributed by atoms with E-state index >= 15 is 0 Å². The lowest BCUT2D eigenvalue weighted by molar-refractivity contribution is -0.144. The van der Waals surface area contributed by atoms with Gasteiger partial charge in [0.15, 0.2) is 0 Å². The van der Waals surface area contributed by atoms with Gasteiger partial charge in [0.25, 0.3) is 0 Å². The van der Waals surface area contributed by atoms with Crippen molar-refractivity contribution in [2.45, 2.75) is 194 Å². The summed E-state index contributed by atoms with van der Waals surface area (Å²) in [5.74, 6) is -0.300. The van der Waals surface area contributed by atoms with E-state index in [2.05, 4.69) is 38.2 Å². The molecule has 0 radical (unpaired) electrons. The summed E-state index contributed by atoms with van der Waals surface area (Å²) < 4.78 is 10.8. The molecule has 0 aromatic heterocycles. The molecule has 0 saturated heterocycles. The zero-order chi connectivity index (χ0) is 35.0. The van der Waals surface area contributed by atoms with Crippen LogP contribution < -0.4 is 0 Å². The number of aliphatic hydroxyl groups excluding tert-OH is 1. The number of aliphatic hydroxyl groups is 1. The highest BCUT2D eigenvalue weighted by molar-refractivity contribution is 5.85. The van der Waals surface area contributed by atoms with E-state index in [-0.39, 0.29) is 31.0 Å². The molecule has 6 nitrogen and oxygen atoms in total. The van der Waals surface area contributed by atoms with E-state index < -0.39 is 0 Å². The Morgan fingerprint density at radius 3 is 1.10 bits per heavy atom. The molecular weight excluding hydrogens is 634 g/mol. The maximum atomic E-state index is 12.1. The molecule has 1 N–H and O–H groups in total. The highest BCUT2D eigenvalue weighted by atomic mass is 35.5. The van der Waals surface area contributed by atoms with Gasteiger partial charge in [-0.05, 0) is 64.2 Å². The number of hydrogen-bond acceptors (Lipinski definition) is 6. The third kappa shape index (κ3) is 40.9. The molecular formula is C42H80ClNO5. The fourth-order valence-corrected chi connectivity index (χ4v) is 5.88. The minimum Gasteiger partial charge on any atom is -0.464 e. The molecule has 0 aliphatic rings. The molecule has 7 heteroatoms. The molecule has 0 fully saturated rings. The lowest BCUT2D eigenvalue weighted by Gasteiger charge is -2.20. The third-order valence-corrected chi connectivity index (χ3v) is 9.04. The van der Waals surface area contributed by atoms with E-state index in [0.29, 0.717) is 45.7 Å². The van der Waals surface area contributed by atoms with Crippen LogP contribution in [0.2, 0.25) is 0 Å². The van der Waals surface area contributed by atoms with Crippen LogP contribution in [0.25, 0.3) is 0 Å². The summed E-state index contributed by atoms with van der Waals surface area (Å²) in [6.45, 7) is 6.68. The molecule has 49 heavy (non-hydrogen) atoms. The summed E-state index contributed by atoms with van der Waals surface area (Å²) in [6.07, 6.45) is 42.5. The summed E-state index contributed by atoms with van der Waals surface area (Å²) in [7, 11) is 0. The fourth-order valence-electron chi connectivity index (χ4n) is 5.88. The van der Waals surface area contributed by atoms with Crippen molar-refractivity contribution >= 4 is 24.3 Å². The molecule has 0 rings (SSSR count). The molecule has 0 bridgehead atoms. The van der Waals surface area contributed by atoms with Gasteiger partial charge in [-0.25, -0.2) is 0 Å². The van der Waals surface area contributed by atoms with E-state index in [0.717, 1.165) is 25.7 Å². The van der Waals surface area contributed by atoms with Gasteiger partial charge < -0.3 is 14.6 Å². The second kappa shape index (κ2) is 42.8.